The summed E-state index contributed by atoms with van der Waals surface area (Å²) in [6, 6.07) is 0.929. The Labute approximate surface area is 82.6 Å². The van der Waals surface area contributed by atoms with Crippen LogP contribution in [0, 0.1) is 11.6 Å². The van der Waals surface area contributed by atoms with E-state index in [0.29, 0.717) is 0 Å². The number of methoxy groups -OCH3 is 2. The van der Waals surface area contributed by atoms with E-state index in [2.05, 4.69) is 15.9 Å². The van der Waals surface area contributed by atoms with Gasteiger partial charge in [-0.15, -0.1) is 0 Å². The second-order valence-electron chi connectivity index (χ2n) is 2.22. The molecule has 1 aromatic rings. The molecule has 0 aliphatic rings. The third kappa shape index (κ3) is 1.75. The van der Waals surface area contributed by atoms with Crippen LogP contribution >= 0.6 is 15.9 Å². The molecule has 1 rings (SSSR count). The van der Waals surface area contributed by atoms with Crippen LogP contribution in [0.3, 0.4) is 0 Å². The molecule has 2 nitrogen and oxygen atoms in total. The maximum absolute atomic E-state index is 12.9. The molecule has 0 N–H and O–H groups in total. The van der Waals surface area contributed by atoms with E-state index < -0.39 is 11.6 Å². The Bertz CT molecular complexity index is 328. The topological polar surface area (TPSA) is 18.5 Å². The summed E-state index contributed by atoms with van der Waals surface area (Å²) in [6.07, 6.45) is 0. The summed E-state index contributed by atoms with van der Waals surface area (Å²) in [6.45, 7) is 0. The zero-order chi connectivity index (χ0) is 10.0. The quantitative estimate of drug-likeness (QED) is 0.754. The van der Waals surface area contributed by atoms with Crippen LogP contribution in [0.4, 0.5) is 8.78 Å². The van der Waals surface area contributed by atoms with Crippen molar-refractivity contribution in [1.82, 2.24) is 0 Å². The Kier molecular flexibility index (Phi) is 3.08. The van der Waals surface area contributed by atoms with Crippen molar-refractivity contribution >= 4 is 15.9 Å². The lowest BCUT2D eigenvalue weighted by Crippen LogP contribution is -1.96. The van der Waals surface area contributed by atoms with Gasteiger partial charge in [-0.3, -0.25) is 0 Å². The van der Waals surface area contributed by atoms with E-state index in [9.17, 15) is 8.78 Å². The van der Waals surface area contributed by atoms with E-state index in [0.717, 1.165) is 6.07 Å². The van der Waals surface area contributed by atoms with Gasteiger partial charge in [0, 0.05) is 6.07 Å². The Balaban J connectivity index is 3.39. The van der Waals surface area contributed by atoms with Crippen molar-refractivity contribution in [3.05, 3.63) is 22.2 Å². The molecule has 0 unspecified atom stereocenters. The van der Waals surface area contributed by atoms with Gasteiger partial charge in [0.05, 0.1) is 14.2 Å². The normalized spacial score (nSPS) is 9.92. The van der Waals surface area contributed by atoms with Crippen molar-refractivity contribution in [2.45, 2.75) is 0 Å². The van der Waals surface area contributed by atoms with Crippen LogP contribution in [0.25, 0.3) is 0 Å². The number of ether oxygens (including phenoxy) is 2. The van der Waals surface area contributed by atoms with E-state index >= 15 is 0 Å². The molecule has 0 heterocycles. The van der Waals surface area contributed by atoms with Crippen LogP contribution in [0.2, 0.25) is 0 Å². The predicted molar refractivity (Wildman–Crippen MR) is 47.2 cm³/mol. The van der Waals surface area contributed by atoms with Gasteiger partial charge < -0.3 is 9.47 Å². The summed E-state index contributed by atoms with van der Waals surface area (Å²) >= 11 is 2.86. The minimum absolute atomic E-state index is 0.0770. The number of rotatable bonds is 2. The van der Waals surface area contributed by atoms with Gasteiger partial charge in [0.2, 0.25) is 0 Å². The minimum Gasteiger partial charge on any atom is -0.493 e. The first kappa shape index (κ1) is 10.2. The van der Waals surface area contributed by atoms with Gasteiger partial charge in [0.1, 0.15) is 4.47 Å². The zero-order valence-corrected chi connectivity index (χ0v) is 8.61. The summed E-state index contributed by atoms with van der Waals surface area (Å²) in [4.78, 5) is 0. The lowest BCUT2D eigenvalue weighted by Gasteiger charge is -2.09. The van der Waals surface area contributed by atoms with E-state index in [1.165, 1.54) is 14.2 Å². The van der Waals surface area contributed by atoms with Gasteiger partial charge in [0.15, 0.2) is 23.1 Å². The van der Waals surface area contributed by atoms with E-state index in [1.807, 2.05) is 0 Å². The van der Waals surface area contributed by atoms with Crippen LogP contribution in [-0.2, 0) is 0 Å². The monoisotopic (exact) mass is 252 g/mol. The van der Waals surface area contributed by atoms with Crippen LogP contribution < -0.4 is 9.47 Å². The van der Waals surface area contributed by atoms with Crippen LogP contribution in [0.5, 0.6) is 11.5 Å². The first-order chi connectivity index (χ1) is 6.11. The molecule has 0 fully saturated rings. The standard InChI is InChI=1S/C8H7BrF2O2/c1-12-5-3-4(10)7(11)6(9)8(5)13-2/h3H,1-2H3. The molecule has 5 heteroatoms. The van der Waals surface area contributed by atoms with E-state index in [4.69, 9.17) is 9.47 Å². The van der Waals surface area contributed by atoms with Gasteiger partial charge in [-0.05, 0) is 15.9 Å². The fourth-order valence-electron chi connectivity index (χ4n) is 0.899. The third-order valence-electron chi connectivity index (χ3n) is 1.51. The SMILES string of the molecule is COc1cc(F)c(F)c(Br)c1OC. The minimum atomic E-state index is -0.988. The molecule has 0 atom stereocenters. The number of hydrogen-bond acceptors (Lipinski definition) is 2. The molecule has 0 amide bonds. The molecule has 0 bridgehead atoms. The highest BCUT2D eigenvalue weighted by Gasteiger charge is 2.17. The van der Waals surface area contributed by atoms with Crippen molar-refractivity contribution in [1.29, 1.82) is 0 Å². The largest absolute Gasteiger partial charge is 0.493 e. The van der Waals surface area contributed by atoms with Crippen molar-refractivity contribution in [3.63, 3.8) is 0 Å². The number of benzene rings is 1. The molecule has 0 aliphatic carbocycles. The summed E-state index contributed by atoms with van der Waals surface area (Å²) in [5, 5.41) is 0. The lowest BCUT2D eigenvalue weighted by molar-refractivity contribution is 0.344. The highest BCUT2D eigenvalue weighted by atomic mass is 79.9. The fraction of sp³-hybridized carbons (Fsp3) is 0.250. The molecule has 72 valence electrons. The van der Waals surface area contributed by atoms with Gasteiger partial charge >= 0.3 is 0 Å². The van der Waals surface area contributed by atoms with Crippen LogP contribution in [0.15, 0.2) is 10.5 Å². The Morgan fingerprint density at radius 3 is 2.31 bits per heavy atom. The molecule has 13 heavy (non-hydrogen) atoms. The average molecular weight is 253 g/mol. The van der Waals surface area contributed by atoms with Crippen molar-refractivity contribution in [2.75, 3.05) is 14.2 Å². The molecule has 0 saturated heterocycles. The summed E-state index contributed by atoms with van der Waals surface area (Å²) in [5.74, 6) is -1.68. The van der Waals surface area contributed by atoms with Crippen molar-refractivity contribution in [2.24, 2.45) is 0 Å². The number of halogens is 3. The second-order valence-corrected chi connectivity index (χ2v) is 3.01. The molecule has 0 saturated carbocycles. The molecule has 0 aliphatic heterocycles. The Hall–Kier alpha value is -0.840. The predicted octanol–water partition coefficient (Wildman–Crippen LogP) is 2.74. The highest BCUT2D eigenvalue weighted by molar-refractivity contribution is 9.10. The molecule has 0 spiro atoms. The molecular weight excluding hydrogens is 246 g/mol. The zero-order valence-electron chi connectivity index (χ0n) is 7.03. The summed E-state index contributed by atoms with van der Waals surface area (Å²) in [5.41, 5.74) is 0. The average Bonchev–Trinajstić information content (AvgIpc) is 2.13. The fourth-order valence-corrected chi connectivity index (χ4v) is 1.45. The van der Waals surface area contributed by atoms with E-state index in [1.54, 1.807) is 0 Å². The second kappa shape index (κ2) is 3.91. The molecule has 1 aromatic carbocycles. The van der Waals surface area contributed by atoms with Crippen molar-refractivity contribution < 1.29 is 18.3 Å². The summed E-state index contributed by atoms with van der Waals surface area (Å²) < 4.78 is 35.3. The molecular formula is C8H7BrF2O2. The first-order valence-electron chi connectivity index (χ1n) is 3.37. The van der Waals surface area contributed by atoms with Gasteiger partial charge in [-0.1, -0.05) is 0 Å². The van der Waals surface area contributed by atoms with Gasteiger partial charge in [-0.25, -0.2) is 8.78 Å². The van der Waals surface area contributed by atoms with Gasteiger partial charge in [-0.2, -0.15) is 0 Å². The van der Waals surface area contributed by atoms with E-state index in [-0.39, 0.29) is 16.0 Å². The number of hydrogen-bond donors (Lipinski definition) is 0. The summed E-state index contributed by atoms with van der Waals surface area (Å²) in [7, 11) is 2.70. The Morgan fingerprint density at radius 2 is 1.85 bits per heavy atom. The third-order valence-corrected chi connectivity index (χ3v) is 2.22. The lowest BCUT2D eigenvalue weighted by atomic mass is 10.3. The Morgan fingerprint density at radius 1 is 1.23 bits per heavy atom. The molecule has 0 radical (unpaired) electrons. The highest BCUT2D eigenvalue weighted by Crippen LogP contribution is 2.38. The van der Waals surface area contributed by atoms with Crippen LogP contribution in [0.1, 0.15) is 0 Å². The molecule has 0 aromatic heterocycles. The maximum Gasteiger partial charge on any atom is 0.178 e. The van der Waals surface area contributed by atoms with Crippen molar-refractivity contribution in [3.8, 4) is 11.5 Å². The smallest absolute Gasteiger partial charge is 0.178 e. The maximum atomic E-state index is 12.9. The first-order valence-corrected chi connectivity index (χ1v) is 4.16. The van der Waals surface area contributed by atoms with Crippen LogP contribution in [-0.4, -0.2) is 14.2 Å². The van der Waals surface area contributed by atoms with Gasteiger partial charge in [0.25, 0.3) is 0 Å².